The first-order valence-corrected chi connectivity index (χ1v) is 6.85. The van der Waals surface area contributed by atoms with E-state index in [9.17, 15) is 4.79 Å². The van der Waals surface area contributed by atoms with E-state index in [2.05, 4.69) is 39.5 Å². The minimum atomic E-state index is 0.180. The third-order valence-electron chi connectivity index (χ3n) is 4.40. The second-order valence-electron chi connectivity index (χ2n) is 5.41. The maximum absolute atomic E-state index is 12.5. The fourth-order valence-corrected chi connectivity index (χ4v) is 2.70. The van der Waals surface area contributed by atoms with Gasteiger partial charge in [0.25, 0.3) is 0 Å². The summed E-state index contributed by atoms with van der Waals surface area (Å²) in [5.74, 6) is 1.06. The molecule has 1 fully saturated rings. The molecule has 94 valence electrons. The van der Waals surface area contributed by atoms with Crippen molar-refractivity contribution in [1.82, 2.24) is 4.90 Å². The summed E-state index contributed by atoms with van der Waals surface area (Å²) in [6.07, 6.45) is 4.56. The SMILES string of the molecule is CCC(C)C(C)C(=O)N1C(C)CCC1CC. The smallest absolute Gasteiger partial charge is 0.226 e. The molecule has 1 heterocycles. The molecular formula is C14H27NO. The summed E-state index contributed by atoms with van der Waals surface area (Å²) in [6.45, 7) is 10.8. The molecule has 4 unspecified atom stereocenters. The van der Waals surface area contributed by atoms with Crippen LogP contribution in [-0.4, -0.2) is 22.9 Å². The first kappa shape index (κ1) is 13.5. The van der Waals surface area contributed by atoms with Gasteiger partial charge in [0.15, 0.2) is 0 Å². The Morgan fingerprint density at radius 1 is 1.31 bits per heavy atom. The molecule has 4 atom stereocenters. The van der Waals surface area contributed by atoms with Crippen molar-refractivity contribution < 1.29 is 4.79 Å². The molecule has 0 aromatic heterocycles. The summed E-state index contributed by atoms with van der Waals surface area (Å²) in [5, 5.41) is 0. The van der Waals surface area contributed by atoms with Crippen molar-refractivity contribution in [1.29, 1.82) is 0 Å². The van der Waals surface area contributed by atoms with E-state index in [1.165, 1.54) is 12.8 Å². The Hall–Kier alpha value is -0.530. The van der Waals surface area contributed by atoms with Crippen molar-refractivity contribution in [3.63, 3.8) is 0 Å². The molecule has 2 nitrogen and oxygen atoms in total. The van der Waals surface area contributed by atoms with Crippen LogP contribution >= 0.6 is 0 Å². The van der Waals surface area contributed by atoms with Crippen molar-refractivity contribution in [2.24, 2.45) is 11.8 Å². The molecule has 1 rings (SSSR count). The van der Waals surface area contributed by atoms with E-state index in [4.69, 9.17) is 0 Å². The summed E-state index contributed by atoms with van der Waals surface area (Å²) in [6, 6.07) is 0.943. The van der Waals surface area contributed by atoms with Crippen LogP contribution in [0.3, 0.4) is 0 Å². The van der Waals surface area contributed by atoms with Gasteiger partial charge in [-0.1, -0.05) is 34.1 Å². The quantitative estimate of drug-likeness (QED) is 0.717. The number of nitrogens with zero attached hydrogens (tertiary/aromatic N) is 1. The lowest BCUT2D eigenvalue weighted by molar-refractivity contribution is -0.139. The highest BCUT2D eigenvalue weighted by molar-refractivity contribution is 5.79. The highest BCUT2D eigenvalue weighted by atomic mass is 16.2. The summed E-state index contributed by atoms with van der Waals surface area (Å²) < 4.78 is 0. The lowest BCUT2D eigenvalue weighted by Gasteiger charge is -2.32. The molecule has 0 radical (unpaired) electrons. The summed E-state index contributed by atoms with van der Waals surface area (Å²) in [5.41, 5.74) is 0. The van der Waals surface area contributed by atoms with Crippen LogP contribution in [0.1, 0.15) is 60.3 Å². The Bertz CT molecular complexity index is 239. The Labute approximate surface area is 100 Å². The standard InChI is InChI=1S/C14H27NO/c1-6-10(3)12(5)14(16)15-11(4)8-9-13(15)7-2/h10-13H,6-9H2,1-5H3. The van der Waals surface area contributed by atoms with Gasteiger partial charge < -0.3 is 4.90 Å². The van der Waals surface area contributed by atoms with Gasteiger partial charge in [0.2, 0.25) is 5.91 Å². The molecule has 1 saturated heterocycles. The molecule has 1 aliphatic rings. The molecular weight excluding hydrogens is 198 g/mol. The van der Waals surface area contributed by atoms with Gasteiger partial charge in [-0.05, 0) is 32.1 Å². The van der Waals surface area contributed by atoms with Gasteiger partial charge in [-0.15, -0.1) is 0 Å². The molecule has 0 saturated carbocycles. The first-order chi connectivity index (χ1) is 7.52. The van der Waals surface area contributed by atoms with Crippen LogP contribution in [0.5, 0.6) is 0 Å². The van der Waals surface area contributed by atoms with Gasteiger partial charge in [-0.2, -0.15) is 0 Å². The van der Waals surface area contributed by atoms with E-state index in [1.54, 1.807) is 0 Å². The fourth-order valence-electron chi connectivity index (χ4n) is 2.70. The topological polar surface area (TPSA) is 20.3 Å². The minimum absolute atomic E-state index is 0.180. The molecule has 1 amide bonds. The lowest BCUT2D eigenvalue weighted by atomic mass is 9.92. The number of likely N-dealkylation sites (tertiary alicyclic amines) is 1. The summed E-state index contributed by atoms with van der Waals surface area (Å²) in [7, 11) is 0. The molecule has 0 bridgehead atoms. The van der Waals surface area contributed by atoms with E-state index < -0.39 is 0 Å². The fraction of sp³-hybridized carbons (Fsp3) is 0.929. The highest BCUT2D eigenvalue weighted by Gasteiger charge is 2.36. The molecule has 0 aromatic rings. The zero-order valence-electron chi connectivity index (χ0n) is 11.5. The number of carbonyl (C=O) groups excluding carboxylic acids is 1. The van der Waals surface area contributed by atoms with Crippen LogP contribution in [-0.2, 0) is 4.79 Å². The van der Waals surface area contributed by atoms with Crippen LogP contribution in [0, 0.1) is 11.8 Å². The predicted octanol–water partition coefficient (Wildman–Crippen LogP) is 3.46. The highest BCUT2D eigenvalue weighted by Crippen LogP contribution is 2.29. The number of hydrogen-bond donors (Lipinski definition) is 0. The van der Waals surface area contributed by atoms with Gasteiger partial charge in [0, 0.05) is 18.0 Å². The van der Waals surface area contributed by atoms with Crippen LogP contribution in [0.15, 0.2) is 0 Å². The number of rotatable bonds is 4. The largest absolute Gasteiger partial charge is 0.337 e. The molecule has 1 aliphatic heterocycles. The van der Waals surface area contributed by atoms with Crippen molar-refractivity contribution >= 4 is 5.91 Å². The second kappa shape index (κ2) is 5.70. The summed E-state index contributed by atoms with van der Waals surface area (Å²) in [4.78, 5) is 14.6. The third kappa shape index (κ3) is 2.58. The van der Waals surface area contributed by atoms with E-state index in [0.717, 1.165) is 12.8 Å². The Kier molecular flexibility index (Phi) is 4.82. The van der Waals surface area contributed by atoms with E-state index in [-0.39, 0.29) is 5.92 Å². The zero-order valence-corrected chi connectivity index (χ0v) is 11.5. The molecule has 2 heteroatoms. The molecule has 16 heavy (non-hydrogen) atoms. The molecule has 0 aromatic carbocycles. The lowest BCUT2D eigenvalue weighted by Crippen LogP contribution is -2.43. The van der Waals surface area contributed by atoms with Crippen molar-refractivity contribution in [2.75, 3.05) is 0 Å². The van der Waals surface area contributed by atoms with Crippen LogP contribution in [0.25, 0.3) is 0 Å². The number of amides is 1. The Balaban J connectivity index is 2.71. The maximum atomic E-state index is 12.5. The monoisotopic (exact) mass is 225 g/mol. The van der Waals surface area contributed by atoms with Gasteiger partial charge in [0.1, 0.15) is 0 Å². The van der Waals surface area contributed by atoms with Gasteiger partial charge >= 0.3 is 0 Å². The zero-order chi connectivity index (χ0) is 12.3. The van der Waals surface area contributed by atoms with Crippen molar-refractivity contribution in [2.45, 2.75) is 72.4 Å². The average Bonchev–Trinajstić information content (AvgIpc) is 2.67. The maximum Gasteiger partial charge on any atom is 0.226 e. The normalized spacial score (nSPS) is 29.2. The minimum Gasteiger partial charge on any atom is -0.337 e. The van der Waals surface area contributed by atoms with Crippen molar-refractivity contribution in [3.8, 4) is 0 Å². The van der Waals surface area contributed by atoms with Crippen LogP contribution in [0.2, 0.25) is 0 Å². The van der Waals surface area contributed by atoms with Gasteiger partial charge in [-0.25, -0.2) is 0 Å². The predicted molar refractivity (Wildman–Crippen MR) is 68.2 cm³/mol. The third-order valence-corrected chi connectivity index (χ3v) is 4.40. The van der Waals surface area contributed by atoms with Crippen molar-refractivity contribution in [3.05, 3.63) is 0 Å². The molecule has 0 N–H and O–H groups in total. The Morgan fingerprint density at radius 3 is 2.44 bits per heavy atom. The van der Waals surface area contributed by atoms with E-state index in [1.807, 2.05) is 0 Å². The first-order valence-electron chi connectivity index (χ1n) is 6.85. The Morgan fingerprint density at radius 2 is 1.94 bits per heavy atom. The number of carbonyl (C=O) groups is 1. The van der Waals surface area contributed by atoms with E-state index in [0.29, 0.717) is 23.9 Å². The molecule has 0 aliphatic carbocycles. The summed E-state index contributed by atoms with van der Waals surface area (Å²) >= 11 is 0. The van der Waals surface area contributed by atoms with Gasteiger partial charge in [0.05, 0.1) is 0 Å². The molecule has 0 spiro atoms. The second-order valence-corrected chi connectivity index (χ2v) is 5.41. The van der Waals surface area contributed by atoms with E-state index >= 15 is 0 Å². The van der Waals surface area contributed by atoms with Crippen LogP contribution in [0.4, 0.5) is 0 Å². The van der Waals surface area contributed by atoms with Crippen LogP contribution < -0.4 is 0 Å². The average molecular weight is 225 g/mol. The van der Waals surface area contributed by atoms with Gasteiger partial charge in [-0.3, -0.25) is 4.79 Å². The number of hydrogen-bond acceptors (Lipinski definition) is 1.